The Hall–Kier alpha value is -2.54. The number of halogens is 1. The van der Waals surface area contributed by atoms with E-state index in [4.69, 9.17) is 21.4 Å². The molecule has 0 aliphatic carbocycles. The number of aromatic amines is 1. The lowest BCUT2D eigenvalue weighted by Gasteiger charge is -2.28. The molecule has 0 saturated carbocycles. The number of H-pyrrole nitrogens is 1. The van der Waals surface area contributed by atoms with Crippen LogP contribution < -0.4 is 10.1 Å². The maximum atomic E-state index is 10.8. The number of aromatic nitrogens is 1. The first-order valence-electron chi connectivity index (χ1n) is 8.91. The Morgan fingerprint density at radius 2 is 2.04 bits per heavy atom. The normalized spacial score (nSPS) is 12.9. The van der Waals surface area contributed by atoms with Gasteiger partial charge >= 0.3 is 5.97 Å². The first-order valence-corrected chi connectivity index (χ1v) is 9.29. The highest BCUT2D eigenvalue weighted by molar-refractivity contribution is 6.30. The third-order valence-electron chi connectivity index (χ3n) is 4.67. The zero-order valence-corrected chi connectivity index (χ0v) is 16.5. The molecule has 1 atom stereocenters. The molecule has 1 aromatic heterocycles. The molecule has 1 heterocycles. The number of benzene rings is 2. The van der Waals surface area contributed by atoms with Gasteiger partial charge in [-0.25, -0.2) is 4.79 Å². The Bertz CT molecular complexity index is 983. The first kappa shape index (κ1) is 20.2. The van der Waals surface area contributed by atoms with Gasteiger partial charge < -0.3 is 25.3 Å². The van der Waals surface area contributed by atoms with Gasteiger partial charge in [-0.3, -0.25) is 0 Å². The highest BCUT2D eigenvalue weighted by Gasteiger charge is 2.25. The van der Waals surface area contributed by atoms with E-state index in [1.54, 1.807) is 18.2 Å². The van der Waals surface area contributed by atoms with E-state index in [2.05, 4.69) is 10.3 Å². The van der Waals surface area contributed by atoms with Crippen molar-refractivity contribution in [1.29, 1.82) is 0 Å². The van der Waals surface area contributed by atoms with Crippen molar-refractivity contribution in [2.24, 2.45) is 0 Å². The van der Waals surface area contributed by atoms with E-state index < -0.39 is 24.2 Å². The molecule has 28 heavy (non-hydrogen) atoms. The van der Waals surface area contributed by atoms with Crippen LogP contribution in [0.1, 0.15) is 31.1 Å². The number of carbonyl (C=O) groups is 1. The Kier molecular flexibility index (Phi) is 5.93. The fourth-order valence-corrected chi connectivity index (χ4v) is 3.38. The van der Waals surface area contributed by atoms with Crippen LogP contribution in [0.5, 0.6) is 5.75 Å². The molecule has 0 aliphatic rings. The smallest absolute Gasteiger partial charge is 0.341 e. The van der Waals surface area contributed by atoms with Gasteiger partial charge in [0, 0.05) is 28.7 Å². The van der Waals surface area contributed by atoms with E-state index in [1.165, 1.54) is 0 Å². The minimum absolute atomic E-state index is 0.342. The molecule has 148 valence electrons. The number of hydrogen-bond acceptors (Lipinski definition) is 4. The Morgan fingerprint density at radius 3 is 2.75 bits per heavy atom. The Labute approximate surface area is 168 Å². The van der Waals surface area contributed by atoms with Crippen LogP contribution in [-0.2, 0) is 10.3 Å². The number of hydrogen-bond donors (Lipinski definition) is 4. The van der Waals surface area contributed by atoms with E-state index in [0.717, 1.165) is 22.0 Å². The van der Waals surface area contributed by atoms with Crippen molar-refractivity contribution >= 4 is 28.5 Å². The van der Waals surface area contributed by atoms with Gasteiger partial charge in [0.05, 0.1) is 11.6 Å². The van der Waals surface area contributed by atoms with Crippen LogP contribution in [0.3, 0.4) is 0 Å². The van der Waals surface area contributed by atoms with Crippen LogP contribution in [0.2, 0.25) is 5.02 Å². The van der Waals surface area contributed by atoms with Crippen LogP contribution in [0, 0.1) is 0 Å². The van der Waals surface area contributed by atoms with Crippen molar-refractivity contribution in [3.8, 4) is 5.75 Å². The molecule has 3 aromatic rings. The maximum absolute atomic E-state index is 10.8. The SMILES string of the molecule is CC(C)(NCC(O)c1cccc(Cl)c1)c1c[nH]c2c(OCC(=O)O)cccc12. The van der Waals surface area contributed by atoms with Crippen molar-refractivity contribution in [2.75, 3.05) is 13.2 Å². The number of para-hydroxylation sites is 1. The van der Waals surface area contributed by atoms with Gasteiger partial charge in [-0.2, -0.15) is 0 Å². The van der Waals surface area contributed by atoms with Crippen molar-refractivity contribution in [3.63, 3.8) is 0 Å². The summed E-state index contributed by atoms with van der Waals surface area (Å²) >= 11 is 6.00. The molecule has 0 saturated heterocycles. The zero-order valence-electron chi connectivity index (χ0n) is 15.7. The second-order valence-electron chi connectivity index (χ2n) is 7.14. The van der Waals surface area contributed by atoms with Crippen LogP contribution in [-0.4, -0.2) is 34.3 Å². The summed E-state index contributed by atoms with van der Waals surface area (Å²) in [7, 11) is 0. The maximum Gasteiger partial charge on any atom is 0.341 e. The second kappa shape index (κ2) is 8.22. The molecule has 4 N–H and O–H groups in total. The van der Waals surface area contributed by atoms with E-state index in [9.17, 15) is 9.90 Å². The molecule has 1 unspecified atom stereocenters. The van der Waals surface area contributed by atoms with E-state index in [1.807, 2.05) is 44.3 Å². The Balaban J connectivity index is 1.78. The van der Waals surface area contributed by atoms with Gasteiger partial charge in [-0.1, -0.05) is 35.9 Å². The van der Waals surface area contributed by atoms with E-state index in [0.29, 0.717) is 17.3 Å². The summed E-state index contributed by atoms with van der Waals surface area (Å²) in [6, 6.07) is 12.7. The van der Waals surface area contributed by atoms with Crippen LogP contribution in [0.25, 0.3) is 10.9 Å². The number of aliphatic hydroxyl groups is 1. The van der Waals surface area contributed by atoms with Crippen LogP contribution in [0.15, 0.2) is 48.7 Å². The molecule has 7 heteroatoms. The summed E-state index contributed by atoms with van der Waals surface area (Å²) in [5.74, 6) is -0.540. The average molecular weight is 403 g/mol. The van der Waals surface area contributed by atoms with Crippen LogP contribution >= 0.6 is 11.6 Å². The molecule has 0 aliphatic heterocycles. The van der Waals surface area contributed by atoms with Gasteiger partial charge in [0.15, 0.2) is 6.61 Å². The largest absolute Gasteiger partial charge is 0.480 e. The average Bonchev–Trinajstić information content (AvgIpc) is 3.10. The third-order valence-corrected chi connectivity index (χ3v) is 4.91. The first-order chi connectivity index (χ1) is 13.3. The highest BCUT2D eigenvalue weighted by Crippen LogP contribution is 2.33. The van der Waals surface area contributed by atoms with Crippen molar-refractivity contribution in [1.82, 2.24) is 10.3 Å². The fourth-order valence-electron chi connectivity index (χ4n) is 3.18. The molecule has 0 spiro atoms. The number of ether oxygens (including phenoxy) is 1. The van der Waals surface area contributed by atoms with Crippen molar-refractivity contribution in [3.05, 3.63) is 64.8 Å². The molecule has 3 rings (SSSR count). The number of aliphatic hydroxyl groups excluding tert-OH is 1. The monoisotopic (exact) mass is 402 g/mol. The van der Waals surface area contributed by atoms with Crippen LogP contribution in [0.4, 0.5) is 0 Å². The number of nitrogens with one attached hydrogen (secondary N) is 2. The topological polar surface area (TPSA) is 94.6 Å². The van der Waals surface area contributed by atoms with E-state index >= 15 is 0 Å². The summed E-state index contributed by atoms with van der Waals surface area (Å²) in [6.07, 6.45) is 1.18. The predicted octanol–water partition coefficient (Wildman–Crippen LogP) is 3.84. The highest BCUT2D eigenvalue weighted by atomic mass is 35.5. The summed E-state index contributed by atoms with van der Waals surface area (Å²) in [5, 5.41) is 24.2. The number of carboxylic acid groups (broad SMARTS) is 1. The number of fused-ring (bicyclic) bond motifs is 1. The lowest BCUT2D eigenvalue weighted by Crippen LogP contribution is -2.39. The van der Waals surface area contributed by atoms with Gasteiger partial charge in [-0.15, -0.1) is 0 Å². The third kappa shape index (κ3) is 4.47. The molecule has 0 fully saturated rings. The molecule has 0 amide bonds. The molecular formula is C21H23ClN2O4. The zero-order chi connectivity index (χ0) is 20.3. The summed E-state index contributed by atoms with van der Waals surface area (Å²) in [4.78, 5) is 14.0. The lowest BCUT2D eigenvalue weighted by atomic mass is 9.93. The summed E-state index contributed by atoms with van der Waals surface area (Å²) < 4.78 is 5.37. The quantitative estimate of drug-likeness (QED) is 0.459. The number of rotatable bonds is 8. The van der Waals surface area contributed by atoms with Gasteiger partial charge in [-0.05, 0) is 43.2 Å². The molecule has 2 aromatic carbocycles. The fraction of sp³-hybridized carbons (Fsp3) is 0.286. The standard InChI is InChI=1S/C21H23ClN2O4/c1-21(2,24-11-17(25)13-5-3-6-14(22)9-13)16-10-23-20-15(16)7-4-8-18(20)28-12-19(26)27/h3-10,17,23-25H,11-12H2,1-2H3,(H,26,27). The van der Waals surface area contributed by atoms with Gasteiger partial charge in [0.2, 0.25) is 0 Å². The molecular weight excluding hydrogens is 380 g/mol. The summed E-state index contributed by atoms with van der Waals surface area (Å²) in [5.41, 5.74) is 2.02. The molecule has 0 radical (unpaired) electrons. The Morgan fingerprint density at radius 1 is 1.29 bits per heavy atom. The lowest BCUT2D eigenvalue weighted by molar-refractivity contribution is -0.139. The van der Waals surface area contributed by atoms with Crippen molar-refractivity contribution in [2.45, 2.75) is 25.5 Å². The minimum Gasteiger partial charge on any atom is -0.480 e. The predicted molar refractivity (Wildman–Crippen MR) is 109 cm³/mol. The van der Waals surface area contributed by atoms with E-state index in [-0.39, 0.29) is 0 Å². The van der Waals surface area contributed by atoms with Crippen molar-refractivity contribution < 1.29 is 19.7 Å². The summed E-state index contributed by atoms with van der Waals surface area (Å²) in [6.45, 7) is 3.98. The van der Waals surface area contributed by atoms with Gasteiger partial charge in [0.25, 0.3) is 0 Å². The second-order valence-corrected chi connectivity index (χ2v) is 7.58. The molecule has 6 nitrogen and oxygen atoms in total. The van der Waals surface area contributed by atoms with Gasteiger partial charge in [0.1, 0.15) is 5.75 Å². The molecule has 0 bridgehead atoms. The number of carboxylic acids is 1. The minimum atomic E-state index is -1.03. The number of aliphatic carboxylic acids is 1.